The molecule has 1 aromatic carbocycles. The maximum Gasteiger partial charge on any atom is 0.416 e. The third-order valence-electron chi connectivity index (χ3n) is 2.30. The van der Waals surface area contributed by atoms with Gasteiger partial charge in [0.05, 0.1) is 19.1 Å². The molecule has 19 heavy (non-hydrogen) atoms. The Bertz CT molecular complexity index is 454. The van der Waals surface area contributed by atoms with Crippen molar-refractivity contribution in [2.75, 3.05) is 13.7 Å². The average molecular weight is 275 g/mol. The molecule has 0 spiro atoms. The molecule has 1 amide bonds. The Morgan fingerprint density at radius 3 is 2.26 bits per heavy atom. The Hall–Kier alpha value is -2.05. The highest BCUT2D eigenvalue weighted by Crippen LogP contribution is 2.29. The molecule has 7 heteroatoms. The zero-order chi connectivity index (χ0) is 14.5. The topological polar surface area (TPSA) is 55.4 Å². The summed E-state index contributed by atoms with van der Waals surface area (Å²) in [4.78, 5) is 22.1. The lowest BCUT2D eigenvalue weighted by Gasteiger charge is -2.07. The number of hydrogen-bond acceptors (Lipinski definition) is 3. The van der Waals surface area contributed by atoms with Crippen LogP contribution in [0.4, 0.5) is 13.2 Å². The second-order valence-corrected chi connectivity index (χ2v) is 3.72. The minimum Gasteiger partial charge on any atom is -0.468 e. The van der Waals surface area contributed by atoms with E-state index in [1.165, 1.54) is 19.2 Å². The minimum atomic E-state index is -4.40. The number of amides is 1. The van der Waals surface area contributed by atoms with Gasteiger partial charge in [-0.1, -0.05) is 12.1 Å². The number of esters is 1. The molecule has 0 heterocycles. The van der Waals surface area contributed by atoms with Gasteiger partial charge in [-0.15, -0.1) is 0 Å². The fourth-order valence-electron chi connectivity index (χ4n) is 1.30. The summed E-state index contributed by atoms with van der Waals surface area (Å²) < 4.78 is 41.2. The van der Waals surface area contributed by atoms with Gasteiger partial charge >= 0.3 is 12.1 Å². The molecule has 0 fully saturated rings. The van der Waals surface area contributed by atoms with Crippen LogP contribution in [0.3, 0.4) is 0 Å². The summed E-state index contributed by atoms with van der Waals surface area (Å²) in [5.41, 5.74) is -0.346. The molecule has 0 bridgehead atoms. The Morgan fingerprint density at radius 2 is 1.79 bits per heavy atom. The van der Waals surface area contributed by atoms with Crippen LogP contribution in [0.2, 0.25) is 0 Å². The molecule has 4 nitrogen and oxygen atoms in total. The maximum absolute atomic E-state index is 12.3. The van der Waals surface area contributed by atoms with Crippen molar-refractivity contribution in [3.8, 4) is 0 Å². The molecule has 0 saturated heterocycles. The third-order valence-corrected chi connectivity index (χ3v) is 2.30. The number of nitrogens with one attached hydrogen (secondary N) is 1. The molecule has 1 aromatic rings. The smallest absolute Gasteiger partial charge is 0.416 e. The van der Waals surface area contributed by atoms with Gasteiger partial charge in [-0.25, -0.2) is 0 Å². The number of ether oxygens (including phenoxy) is 1. The van der Waals surface area contributed by atoms with E-state index in [-0.39, 0.29) is 13.0 Å². The van der Waals surface area contributed by atoms with Crippen molar-refractivity contribution in [2.24, 2.45) is 0 Å². The molecule has 1 rings (SSSR count). The largest absolute Gasteiger partial charge is 0.468 e. The number of carbonyl (C=O) groups is 2. The molecule has 0 aromatic heterocycles. The van der Waals surface area contributed by atoms with Crippen LogP contribution in [0.15, 0.2) is 24.3 Å². The fraction of sp³-hybridized carbons (Fsp3) is 0.333. The monoisotopic (exact) mass is 275 g/mol. The van der Waals surface area contributed by atoms with Gasteiger partial charge in [-0.3, -0.25) is 9.59 Å². The predicted molar refractivity (Wildman–Crippen MR) is 60.2 cm³/mol. The van der Waals surface area contributed by atoms with Crippen molar-refractivity contribution in [1.82, 2.24) is 5.32 Å². The van der Waals surface area contributed by atoms with Crippen molar-refractivity contribution in [3.05, 3.63) is 35.4 Å². The molecule has 1 N–H and O–H groups in total. The first-order valence-corrected chi connectivity index (χ1v) is 5.32. The molecule has 0 atom stereocenters. The van der Waals surface area contributed by atoms with Crippen molar-refractivity contribution < 1.29 is 27.5 Å². The summed E-state index contributed by atoms with van der Waals surface area (Å²) in [6, 6.07) is 4.26. The molecule has 0 aliphatic rings. The van der Waals surface area contributed by atoms with Crippen molar-refractivity contribution in [2.45, 2.75) is 12.6 Å². The highest BCUT2D eigenvalue weighted by Gasteiger charge is 2.29. The first-order chi connectivity index (χ1) is 8.82. The van der Waals surface area contributed by atoms with Gasteiger partial charge in [-0.2, -0.15) is 13.2 Å². The van der Waals surface area contributed by atoms with Crippen LogP contribution in [0, 0.1) is 0 Å². The highest BCUT2D eigenvalue weighted by atomic mass is 19.4. The second-order valence-electron chi connectivity index (χ2n) is 3.72. The fourth-order valence-corrected chi connectivity index (χ4v) is 1.30. The third kappa shape index (κ3) is 4.99. The van der Waals surface area contributed by atoms with E-state index in [9.17, 15) is 22.8 Å². The summed E-state index contributed by atoms with van der Waals surface area (Å²) in [6.45, 7) is -0.268. The number of rotatable bonds is 4. The van der Waals surface area contributed by atoms with E-state index in [4.69, 9.17) is 0 Å². The van der Waals surface area contributed by atoms with Crippen LogP contribution in [0.25, 0.3) is 0 Å². The van der Waals surface area contributed by atoms with Crippen LogP contribution in [-0.4, -0.2) is 25.5 Å². The number of methoxy groups -OCH3 is 1. The summed E-state index contributed by atoms with van der Waals surface area (Å²) in [5, 5.41) is 2.29. The lowest BCUT2D eigenvalue weighted by molar-refractivity contribution is -0.141. The van der Waals surface area contributed by atoms with Gasteiger partial charge in [0.25, 0.3) is 0 Å². The van der Waals surface area contributed by atoms with E-state index in [1.807, 2.05) is 0 Å². The molecular weight excluding hydrogens is 263 g/mol. The number of halogens is 3. The van der Waals surface area contributed by atoms with Gasteiger partial charge in [-0.05, 0) is 17.7 Å². The van der Waals surface area contributed by atoms with Crippen molar-refractivity contribution >= 4 is 11.9 Å². The van der Waals surface area contributed by atoms with Gasteiger partial charge in [0.15, 0.2) is 0 Å². The molecule has 0 aliphatic carbocycles. The van der Waals surface area contributed by atoms with Gasteiger partial charge < -0.3 is 10.1 Å². The standard InChI is InChI=1S/C12H12F3NO3/c1-19-11(18)7-16-10(17)6-8-2-4-9(5-3-8)12(13,14)15/h2-5H,6-7H2,1H3,(H,16,17). The Kier molecular flexibility index (Phi) is 4.91. The van der Waals surface area contributed by atoms with Gasteiger partial charge in [0.2, 0.25) is 5.91 Å². The summed E-state index contributed by atoms with van der Waals surface area (Å²) >= 11 is 0. The zero-order valence-corrected chi connectivity index (χ0v) is 10.1. The van der Waals surface area contributed by atoms with Crippen LogP contribution in [-0.2, 0) is 26.9 Å². The lowest BCUT2D eigenvalue weighted by Crippen LogP contribution is -2.31. The van der Waals surface area contributed by atoms with Crippen molar-refractivity contribution in [1.29, 1.82) is 0 Å². The van der Waals surface area contributed by atoms with E-state index in [0.29, 0.717) is 5.56 Å². The Morgan fingerprint density at radius 1 is 1.21 bits per heavy atom. The highest BCUT2D eigenvalue weighted by molar-refractivity contribution is 5.83. The summed E-state index contributed by atoms with van der Waals surface area (Å²) in [6.07, 6.45) is -4.50. The first kappa shape index (κ1) is 15.0. The quantitative estimate of drug-likeness (QED) is 0.848. The zero-order valence-electron chi connectivity index (χ0n) is 10.1. The molecule has 0 unspecified atom stereocenters. The SMILES string of the molecule is COC(=O)CNC(=O)Cc1ccc(C(F)(F)F)cc1. The number of alkyl halides is 3. The Balaban J connectivity index is 2.54. The lowest BCUT2D eigenvalue weighted by atomic mass is 10.1. The number of hydrogen-bond donors (Lipinski definition) is 1. The molecule has 0 radical (unpaired) electrons. The molecule has 104 valence electrons. The molecule has 0 saturated carbocycles. The van der Waals surface area contributed by atoms with Crippen LogP contribution in [0.5, 0.6) is 0 Å². The summed E-state index contributed by atoms with van der Waals surface area (Å²) in [7, 11) is 1.18. The van der Waals surface area contributed by atoms with E-state index in [0.717, 1.165) is 12.1 Å². The minimum absolute atomic E-state index is 0.102. The first-order valence-electron chi connectivity index (χ1n) is 5.32. The average Bonchev–Trinajstić information content (AvgIpc) is 2.35. The van der Waals surface area contributed by atoms with Crippen LogP contribution >= 0.6 is 0 Å². The van der Waals surface area contributed by atoms with E-state index >= 15 is 0 Å². The number of carbonyl (C=O) groups excluding carboxylic acids is 2. The van der Waals surface area contributed by atoms with Gasteiger partial charge in [0.1, 0.15) is 6.54 Å². The number of benzene rings is 1. The normalized spacial score (nSPS) is 10.9. The maximum atomic E-state index is 12.3. The Labute approximate surface area is 107 Å². The van der Waals surface area contributed by atoms with Gasteiger partial charge in [0, 0.05) is 0 Å². The summed E-state index contributed by atoms with van der Waals surface area (Å²) in [5.74, 6) is -1.06. The molecule has 0 aliphatic heterocycles. The predicted octanol–water partition coefficient (Wildman–Crippen LogP) is 1.54. The van der Waals surface area contributed by atoms with Crippen molar-refractivity contribution in [3.63, 3.8) is 0 Å². The van der Waals surface area contributed by atoms with Crippen LogP contribution in [0.1, 0.15) is 11.1 Å². The molecular formula is C12H12F3NO3. The van der Waals surface area contributed by atoms with E-state index < -0.39 is 23.6 Å². The van der Waals surface area contributed by atoms with Crippen LogP contribution < -0.4 is 5.32 Å². The van der Waals surface area contributed by atoms with E-state index in [2.05, 4.69) is 10.1 Å². The second kappa shape index (κ2) is 6.21. The van der Waals surface area contributed by atoms with E-state index in [1.54, 1.807) is 0 Å².